The monoisotopic (exact) mass is 893 g/mol. The van der Waals surface area contributed by atoms with Crippen molar-refractivity contribution in [2.75, 3.05) is 0 Å². The molecule has 0 aliphatic rings. The summed E-state index contributed by atoms with van der Waals surface area (Å²) in [5.74, 6) is 1.64. The highest BCUT2D eigenvalue weighted by Crippen LogP contribution is 2.42. The van der Waals surface area contributed by atoms with Crippen LogP contribution in [0.3, 0.4) is 0 Å². The molecule has 0 aliphatic carbocycles. The van der Waals surface area contributed by atoms with Crippen LogP contribution in [0.4, 0.5) is 0 Å². The molecule has 0 N–H and O–H groups in total. The topological polar surface area (TPSA) is 58.4 Å². The van der Waals surface area contributed by atoms with Gasteiger partial charge in [-0.3, -0.25) is 9.13 Å². The van der Waals surface area contributed by atoms with Gasteiger partial charge in [0.05, 0.1) is 44.1 Å². The first kappa shape index (κ1) is 38.5. The Bertz CT molecular complexity index is 4330. The van der Waals surface area contributed by atoms with Gasteiger partial charge in [-0.15, -0.1) is 0 Å². The van der Waals surface area contributed by atoms with Crippen molar-refractivity contribution in [2.45, 2.75) is 0 Å². The van der Waals surface area contributed by atoms with Crippen molar-refractivity contribution in [3.05, 3.63) is 237 Å². The number of rotatable bonds is 6. The lowest BCUT2D eigenvalue weighted by molar-refractivity contribution is 0.893. The third kappa shape index (κ3) is 5.66. The van der Waals surface area contributed by atoms with Crippen molar-refractivity contribution in [2.24, 2.45) is 0 Å². The molecule has 15 rings (SSSR count). The van der Waals surface area contributed by atoms with E-state index in [2.05, 4.69) is 255 Å². The molecule has 10 aromatic carbocycles. The standard InChI is InChI=1S/C63H39N7/c1-4-19-40(20-5-1)41-21-18-22-42(35-41)61-64-62(69-55-33-16-12-29-47(55)51-36-49-45-27-10-14-31-53(45)67(57(49)38-59(51)69)43-23-6-2-7-24-43)66-63(65-61)70-56-34-17-13-30-48(56)52-37-50-46-28-11-15-32-54(46)68(58(50)39-60(52)70)44-25-8-3-9-26-44/h1-39H. The predicted octanol–water partition coefficient (Wildman–Crippen LogP) is 15.6. The van der Waals surface area contributed by atoms with E-state index in [-0.39, 0.29) is 0 Å². The molecular formula is C63H39N7. The molecule has 0 bridgehead atoms. The molecular weight excluding hydrogens is 855 g/mol. The number of hydrogen-bond donors (Lipinski definition) is 0. The van der Waals surface area contributed by atoms with Crippen molar-refractivity contribution in [3.63, 3.8) is 0 Å². The first-order valence-electron chi connectivity index (χ1n) is 23.7. The van der Waals surface area contributed by atoms with Crippen LogP contribution < -0.4 is 0 Å². The van der Waals surface area contributed by atoms with Gasteiger partial charge >= 0.3 is 0 Å². The third-order valence-electron chi connectivity index (χ3n) is 14.2. The lowest BCUT2D eigenvalue weighted by Gasteiger charge is -2.14. The van der Waals surface area contributed by atoms with E-state index in [4.69, 9.17) is 15.0 Å². The second-order valence-corrected chi connectivity index (χ2v) is 18.1. The molecule has 7 heteroatoms. The van der Waals surface area contributed by atoms with Gasteiger partial charge in [-0.05, 0) is 90.0 Å². The molecule has 0 amide bonds. The van der Waals surface area contributed by atoms with E-state index in [0.29, 0.717) is 17.7 Å². The molecule has 0 fully saturated rings. The maximum Gasteiger partial charge on any atom is 0.240 e. The van der Waals surface area contributed by atoms with E-state index < -0.39 is 0 Å². The number of aromatic nitrogens is 7. The average Bonchev–Trinajstić information content (AvgIpc) is 4.14. The molecule has 0 saturated carbocycles. The zero-order valence-corrected chi connectivity index (χ0v) is 37.6. The van der Waals surface area contributed by atoms with E-state index in [0.717, 1.165) is 93.7 Å². The van der Waals surface area contributed by atoms with Crippen LogP contribution in [0.25, 0.3) is 133 Å². The van der Waals surface area contributed by atoms with Gasteiger partial charge in [0.15, 0.2) is 5.82 Å². The summed E-state index contributed by atoms with van der Waals surface area (Å²) in [4.78, 5) is 16.6. The minimum Gasteiger partial charge on any atom is -0.309 e. The third-order valence-corrected chi connectivity index (χ3v) is 14.2. The van der Waals surface area contributed by atoms with Crippen LogP contribution >= 0.6 is 0 Å². The lowest BCUT2D eigenvalue weighted by Crippen LogP contribution is -2.10. The quantitative estimate of drug-likeness (QED) is 0.167. The average molecular weight is 894 g/mol. The SMILES string of the molecule is c1ccc(-c2cccc(-c3nc(-n4c5ccccc5c5cc6c7ccccc7n(-c7ccccc7)c6cc54)nc(-n4c5ccccc5c5cc6c7ccccc7n(-c7ccccc7)c6cc54)n3)c2)cc1. The summed E-state index contributed by atoms with van der Waals surface area (Å²) in [6, 6.07) is 84.3. The largest absolute Gasteiger partial charge is 0.309 e. The summed E-state index contributed by atoms with van der Waals surface area (Å²) >= 11 is 0. The van der Waals surface area contributed by atoms with Gasteiger partial charge in [0, 0.05) is 60.0 Å². The molecule has 326 valence electrons. The fourth-order valence-electron chi connectivity index (χ4n) is 11.2. The highest BCUT2D eigenvalue weighted by molar-refractivity contribution is 6.20. The van der Waals surface area contributed by atoms with Gasteiger partial charge in [-0.1, -0.05) is 158 Å². The fraction of sp³-hybridized carbons (Fsp3) is 0. The Balaban J connectivity index is 1.06. The second-order valence-electron chi connectivity index (χ2n) is 18.1. The molecule has 5 aromatic heterocycles. The van der Waals surface area contributed by atoms with Gasteiger partial charge in [0.1, 0.15) is 0 Å². The van der Waals surface area contributed by atoms with Crippen molar-refractivity contribution < 1.29 is 0 Å². The van der Waals surface area contributed by atoms with Gasteiger partial charge in [0.25, 0.3) is 0 Å². The maximum atomic E-state index is 5.62. The molecule has 0 aliphatic heterocycles. The summed E-state index contributed by atoms with van der Waals surface area (Å²) in [5.41, 5.74) is 13.9. The molecule has 0 atom stereocenters. The van der Waals surface area contributed by atoms with Crippen LogP contribution in [0.5, 0.6) is 0 Å². The Morgan fingerprint density at radius 2 is 0.557 bits per heavy atom. The number of para-hydroxylation sites is 6. The number of hydrogen-bond acceptors (Lipinski definition) is 3. The summed E-state index contributed by atoms with van der Waals surface area (Å²) in [6.45, 7) is 0. The number of benzene rings is 10. The molecule has 5 heterocycles. The molecule has 0 saturated heterocycles. The van der Waals surface area contributed by atoms with Crippen LogP contribution in [-0.2, 0) is 0 Å². The van der Waals surface area contributed by atoms with Crippen LogP contribution in [0.1, 0.15) is 0 Å². The molecule has 0 unspecified atom stereocenters. The molecule has 0 radical (unpaired) electrons. The normalized spacial score (nSPS) is 12.0. The predicted molar refractivity (Wildman–Crippen MR) is 288 cm³/mol. The van der Waals surface area contributed by atoms with Crippen LogP contribution in [-0.4, -0.2) is 33.2 Å². The van der Waals surface area contributed by atoms with Crippen LogP contribution in [0.2, 0.25) is 0 Å². The molecule has 0 spiro atoms. The Labute approximate surface area is 401 Å². The van der Waals surface area contributed by atoms with E-state index in [9.17, 15) is 0 Å². The highest BCUT2D eigenvalue weighted by atomic mass is 15.3. The van der Waals surface area contributed by atoms with E-state index in [1.807, 2.05) is 0 Å². The Morgan fingerprint density at radius 1 is 0.214 bits per heavy atom. The van der Waals surface area contributed by atoms with Crippen LogP contribution in [0, 0.1) is 0 Å². The first-order valence-corrected chi connectivity index (χ1v) is 23.7. The van der Waals surface area contributed by atoms with Crippen molar-refractivity contribution in [1.82, 2.24) is 33.2 Å². The fourth-order valence-corrected chi connectivity index (χ4v) is 11.2. The summed E-state index contributed by atoms with van der Waals surface area (Å²) in [5, 5.41) is 9.29. The van der Waals surface area contributed by atoms with Crippen LogP contribution in [0.15, 0.2) is 237 Å². The Hall–Kier alpha value is -9.59. The van der Waals surface area contributed by atoms with Gasteiger partial charge < -0.3 is 9.13 Å². The van der Waals surface area contributed by atoms with Gasteiger partial charge in [-0.25, -0.2) is 0 Å². The molecule has 15 aromatic rings. The van der Waals surface area contributed by atoms with E-state index in [1.54, 1.807) is 0 Å². The highest BCUT2D eigenvalue weighted by Gasteiger charge is 2.24. The summed E-state index contributed by atoms with van der Waals surface area (Å²) < 4.78 is 9.23. The zero-order valence-electron chi connectivity index (χ0n) is 37.6. The minimum atomic E-state index is 0.531. The minimum absolute atomic E-state index is 0.531. The van der Waals surface area contributed by atoms with Crippen molar-refractivity contribution in [3.8, 4) is 45.8 Å². The molecule has 70 heavy (non-hydrogen) atoms. The smallest absolute Gasteiger partial charge is 0.240 e. The van der Waals surface area contributed by atoms with Gasteiger partial charge in [-0.2, -0.15) is 15.0 Å². The van der Waals surface area contributed by atoms with Crippen molar-refractivity contribution >= 4 is 87.2 Å². The summed E-state index contributed by atoms with van der Waals surface area (Å²) in [6.07, 6.45) is 0. The number of fused-ring (bicyclic) bond motifs is 12. The second kappa shape index (κ2) is 15.0. The van der Waals surface area contributed by atoms with E-state index in [1.165, 1.54) is 21.5 Å². The maximum absolute atomic E-state index is 5.62. The molecule has 7 nitrogen and oxygen atoms in total. The number of nitrogens with zero attached hydrogens (tertiary/aromatic N) is 7. The van der Waals surface area contributed by atoms with E-state index >= 15 is 0 Å². The summed E-state index contributed by atoms with van der Waals surface area (Å²) in [7, 11) is 0. The zero-order chi connectivity index (χ0) is 45.9. The van der Waals surface area contributed by atoms with Gasteiger partial charge in [0.2, 0.25) is 11.9 Å². The first-order chi connectivity index (χ1) is 34.7. The Kier molecular flexibility index (Phi) is 8.23. The Morgan fingerprint density at radius 3 is 1.00 bits per heavy atom. The lowest BCUT2D eigenvalue weighted by atomic mass is 10.0. The van der Waals surface area contributed by atoms with Crippen molar-refractivity contribution in [1.29, 1.82) is 0 Å².